The standard InChI is InChI=1S/C8H8ClNO3/c1-4-6(9)3-5(7(11)10-4)8(12)13-2/h3H,1-2H3,(H,10,11). The minimum absolute atomic E-state index is 0.0851. The molecule has 0 saturated carbocycles. The fourth-order valence-electron chi connectivity index (χ4n) is 0.859. The lowest BCUT2D eigenvalue weighted by Gasteiger charge is -2.00. The molecule has 1 aromatic heterocycles. The van der Waals surface area contributed by atoms with Gasteiger partial charge in [-0.2, -0.15) is 0 Å². The molecule has 0 radical (unpaired) electrons. The van der Waals surface area contributed by atoms with Gasteiger partial charge in [0, 0.05) is 5.69 Å². The number of rotatable bonds is 1. The molecule has 0 saturated heterocycles. The number of nitrogens with one attached hydrogen (secondary N) is 1. The van der Waals surface area contributed by atoms with E-state index in [2.05, 4.69) is 9.72 Å². The van der Waals surface area contributed by atoms with Crippen molar-refractivity contribution in [3.05, 3.63) is 32.7 Å². The number of pyridine rings is 1. The molecule has 0 aromatic carbocycles. The van der Waals surface area contributed by atoms with E-state index < -0.39 is 11.5 Å². The van der Waals surface area contributed by atoms with Crippen LogP contribution < -0.4 is 5.56 Å². The van der Waals surface area contributed by atoms with Crippen LogP contribution in [-0.2, 0) is 4.74 Å². The number of methoxy groups -OCH3 is 1. The van der Waals surface area contributed by atoms with E-state index in [0.717, 1.165) is 0 Å². The van der Waals surface area contributed by atoms with Gasteiger partial charge in [0.25, 0.3) is 5.56 Å². The maximum absolute atomic E-state index is 11.2. The van der Waals surface area contributed by atoms with Crippen LogP contribution in [0, 0.1) is 6.92 Å². The van der Waals surface area contributed by atoms with Crippen LogP contribution >= 0.6 is 11.6 Å². The van der Waals surface area contributed by atoms with Crippen molar-refractivity contribution in [1.82, 2.24) is 4.98 Å². The molecule has 0 unspecified atom stereocenters. The van der Waals surface area contributed by atoms with E-state index in [-0.39, 0.29) is 5.56 Å². The summed E-state index contributed by atoms with van der Waals surface area (Å²) in [4.78, 5) is 24.6. The van der Waals surface area contributed by atoms with Crippen molar-refractivity contribution >= 4 is 17.6 Å². The predicted octanol–water partition coefficient (Wildman–Crippen LogP) is 1.12. The molecule has 0 bridgehead atoms. The number of halogens is 1. The van der Waals surface area contributed by atoms with E-state index in [9.17, 15) is 9.59 Å². The van der Waals surface area contributed by atoms with Crippen molar-refractivity contribution in [1.29, 1.82) is 0 Å². The summed E-state index contributed by atoms with van der Waals surface area (Å²) in [6.07, 6.45) is 0. The number of esters is 1. The molecule has 70 valence electrons. The predicted molar refractivity (Wildman–Crippen MR) is 48.1 cm³/mol. The number of carbonyl (C=O) groups is 1. The minimum atomic E-state index is -0.692. The molecule has 1 heterocycles. The molecule has 0 aliphatic heterocycles. The Morgan fingerprint density at radius 3 is 2.77 bits per heavy atom. The average Bonchev–Trinajstić information content (AvgIpc) is 2.10. The molecule has 0 spiro atoms. The summed E-state index contributed by atoms with van der Waals surface area (Å²) in [5.41, 5.74) is -0.0498. The van der Waals surface area contributed by atoms with Gasteiger partial charge >= 0.3 is 5.97 Å². The lowest BCUT2D eigenvalue weighted by molar-refractivity contribution is 0.0598. The fourth-order valence-corrected chi connectivity index (χ4v) is 1.02. The maximum Gasteiger partial charge on any atom is 0.343 e. The average molecular weight is 202 g/mol. The molecule has 0 amide bonds. The van der Waals surface area contributed by atoms with Gasteiger partial charge < -0.3 is 9.72 Å². The monoisotopic (exact) mass is 201 g/mol. The lowest BCUT2D eigenvalue weighted by atomic mass is 10.2. The smallest absolute Gasteiger partial charge is 0.343 e. The van der Waals surface area contributed by atoms with Crippen LogP contribution in [0.25, 0.3) is 0 Å². The number of aromatic amines is 1. The molecular formula is C8H8ClNO3. The van der Waals surface area contributed by atoms with E-state index >= 15 is 0 Å². The van der Waals surface area contributed by atoms with Crippen molar-refractivity contribution in [3.63, 3.8) is 0 Å². The van der Waals surface area contributed by atoms with Crippen molar-refractivity contribution in [2.45, 2.75) is 6.92 Å². The normalized spacial score (nSPS) is 9.77. The largest absolute Gasteiger partial charge is 0.465 e. The molecule has 0 atom stereocenters. The van der Waals surface area contributed by atoms with Gasteiger partial charge in [0.15, 0.2) is 0 Å². The van der Waals surface area contributed by atoms with Crippen LogP contribution in [0.3, 0.4) is 0 Å². The van der Waals surface area contributed by atoms with Crippen LogP contribution in [0.15, 0.2) is 10.9 Å². The zero-order valence-electron chi connectivity index (χ0n) is 7.18. The van der Waals surface area contributed by atoms with Crippen LogP contribution in [0.4, 0.5) is 0 Å². The summed E-state index contributed by atoms with van der Waals surface area (Å²) in [5, 5.41) is 0.333. The molecule has 1 rings (SSSR count). The first kappa shape index (κ1) is 9.80. The van der Waals surface area contributed by atoms with E-state index in [1.165, 1.54) is 13.2 Å². The Bertz CT molecular complexity index is 397. The Kier molecular flexibility index (Phi) is 2.72. The number of ether oxygens (including phenoxy) is 1. The van der Waals surface area contributed by atoms with E-state index in [1.54, 1.807) is 6.92 Å². The Morgan fingerprint density at radius 1 is 1.62 bits per heavy atom. The molecule has 13 heavy (non-hydrogen) atoms. The third-order valence-corrected chi connectivity index (χ3v) is 1.97. The van der Waals surface area contributed by atoms with Gasteiger partial charge in [-0.25, -0.2) is 4.79 Å². The summed E-state index contributed by atoms with van der Waals surface area (Å²) < 4.78 is 4.39. The topological polar surface area (TPSA) is 59.2 Å². The van der Waals surface area contributed by atoms with Gasteiger partial charge in [0.1, 0.15) is 5.56 Å². The zero-order chi connectivity index (χ0) is 10.0. The van der Waals surface area contributed by atoms with Gasteiger partial charge in [0.2, 0.25) is 0 Å². The van der Waals surface area contributed by atoms with Crippen LogP contribution in [0.5, 0.6) is 0 Å². The third kappa shape index (κ3) is 1.89. The van der Waals surface area contributed by atoms with E-state index in [1.807, 2.05) is 0 Å². The van der Waals surface area contributed by atoms with E-state index in [4.69, 9.17) is 11.6 Å². The van der Waals surface area contributed by atoms with Crippen molar-refractivity contribution < 1.29 is 9.53 Å². The number of aromatic nitrogens is 1. The molecule has 1 N–H and O–H groups in total. The van der Waals surface area contributed by atoms with Crippen molar-refractivity contribution in [3.8, 4) is 0 Å². The molecular weight excluding hydrogens is 194 g/mol. The highest BCUT2D eigenvalue weighted by atomic mass is 35.5. The third-order valence-electron chi connectivity index (χ3n) is 1.58. The van der Waals surface area contributed by atoms with Crippen LogP contribution in [0.2, 0.25) is 5.02 Å². The number of carbonyl (C=O) groups excluding carboxylic acids is 1. The quantitative estimate of drug-likeness (QED) is 0.693. The Hall–Kier alpha value is -1.29. The molecule has 0 aliphatic carbocycles. The summed E-state index contributed by atoms with van der Waals surface area (Å²) >= 11 is 5.71. The first-order valence-electron chi connectivity index (χ1n) is 3.54. The highest BCUT2D eigenvalue weighted by Gasteiger charge is 2.12. The van der Waals surface area contributed by atoms with Crippen LogP contribution in [0.1, 0.15) is 16.1 Å². The van der Waals surface area contributed by atoms with Crippen molar-refractivity contribution in [2.24, 2.45) is 0 Å². The van der Waals surface area contributed by atoms with Crippen molar-refractivity contribution in [2.75, 3.05) is 7.11 Å². The highest BCUT2D eigenvalue weighted by Crippen LogP contribution is 2.11. The zero-order valence-corrected chi connectivity index (χ0v) is 7.94. The van der Waals surface area contributed by atoms with Gasteiger partial charge in [-0.1, -0.05) is 11.6 Å². The maximum atomic E-state index is 11.2. The summed E-state index contributed by atoms with van der Waals surface area (Å²) in [6.45, 7) is 1.64. The SMILES string of the molecule is COC(=O)c1cc(Cl)c(C)[nH]c1=O. The Morgan fingerprint density at radius 2 is 2.23 bits per heavy atom. The second-order valence-electron chi connectivity index (χ2n) is 2.48. The molecule has 1 aromatic rings. The highest BCUT2D eigenvalue weighted by molar-refractivity contribution is 6.31. The number of aryl methyl sites for hydroxylation is 1. The summed E-state index contributed by atoms with van der Waals surface area (Å²) in [7, 11) is 1.20. The Balaban J connectivity index is 3.32. The van der Waals surface area contributed by atoms with Gasteiger partial charge in [-0.15, -0.1) is 0 Å². The van der Waals surface area contributed by atoms with Gasteiger partial charge in [-0.3, -0.25) is 4.79 Å². The Labute approximate surface area is 79.5 Å². The second kappa shape index (κ2) is 3.62. The lowest BCUT2D eigenvalue weighted by Crippen LogP contribution is -2.19. The molecule has 4 nitrogen and oxygen atoms in total. The fraction of sp³-hybridized carbons (Fsp3) is 0.250. The van der Waals surface area contributed by atoms with E-state index in [0.29, 0.717) is 10.7 Å². The molecule has 0 fully saturated rings. The van der Waals surface area contributed by atoms with Crippen LogP contribution in [-0.4, -0.2) is 18.1 Å². The number of hydrogen-bond donors (Lipinski definition) is 1. The molecule has 5 heteroatoms. The number of H-pyrrole nitrogens is 1. The van der Waals surface area contributed by atoms with Gasteiger partial charge in [0.05, 0.1) is 12.1 Å². The summed E-state index contributed by atoms with van der Waals surface area (Å²) in [5.74, 6) is -0.692. The first-order valence-corrected chi connectivity index (χ1v) is 3.91. The first-order chi connectivity index (χ1) is 6.06. The minimum Gasteiger partial charge on any atom is -0.465 e. The van der Waals surface area contributed by atoms with Gasteiger partial charge in [-0.05, 0) is 13.0 Å². The number of hydrogen-bond acceptors (Lipinski definition) is 3. The molecule has 0 aliphatic rings. The second-order valence-corrected chi connectivity index (χ2v) is 2.88. The summed E-state index contributed by atoms with van der Waals surface area (Å²) in [6, 6.07) is 1.29.